The van der Waals surface area contributed by atoms with Gasteiger partial charge >= 0.3 is 0 Å². The van der Waals surface area contributed by atoms with Crippen molar-refractivity contribution in [1.82, 2.24) is 10.0 Å². The predicted octanol–water partition coefficient (Wildman–Crippen LogP) is 2.83. The van der Waals surface area contributed by atoms with Crippen LogP contribution in [0.5, 0.6) is 0 Å². The van der Waals surface area contributed by atoms with Crippen molar-refractivity contribution >= 4 is 21.8 Å². The Hall–Kier alpha value is -1.89. The van der Waals surface area contributed by atoms with Crippen LogP contribution in [0.15, 0.2) is 34.2 Å². The number of nitrogens with zero attached hydrogens (tertiary/aromatic N) is 1. The maximum atomic E-state index is 13.0. The van der Waals surface area contributed by atoms with E-state index >= 15 is 0 Å². The van der Waals surface area contributed by atoms with Crippen molar-refractivity contribution < 1.29 is 13.2 Å². The zero-order chi connectivity index (χ0) is 19.6. The summed E-state index contributed by atoms with van der Waals surface area (Å²) in [5, 5.41) is 3.17. The average Bonchev–Trinajstić information content (AvgIpc) is 2.87. The quantitative estimate of drug-likeness (QED) is 0.809. The van der Waals surface area contributed by atoms with Gasteiger partial charge in [0.2, 0.25) is 5.91 Å². The first-order valence-corrected chi connectivity index (χ1v) is 11.3. The number of hydrogen-bond donors (Lipinski definition) is 2. The van der Waals surface area contributed by atoms with Crippen molar-refractivity contribution in [3.05, 3.63) is 29.8 Å². The van der Waals surface area contributed by atoms with Gasteiger partial charge in [0.1, 0.15) is 11.9 Å². The van der Waals surface area contributed by atoms with Crippen LogP contribution in [0.2, 0.25) is 0 Å². The number of carbonyl (C=O) groups is 1. The van der Waals surface area contributed by atoms with Gasteiger partial charge in [-0.3, -0.25) is 14.5 Å². The molecule has 1 aromatic carbocycles. The second kappa shape index (κ2) is 8.00. The number of fused-ring (bicyclic) bond motifs is 1. The van der Waals surface area contributed by atoms with Crippen LogP contribution >= 0.6 is 0 Å². The normalized spacial score (nSPS) is 26.4. The molecule has 7 heteroatoms. The molecule has 6 nitrogen and oxygen atoms in total. The third kappa shape index (κ3) is 4.51. The summed E-state index contributed by atoms with van der Waals surface area (Å²) in [6.07, 6.45) is 5.03. The van der Waals surface area contributed by atoms with Gasteiger partial charge in [0.05, 0.1) is 4.90 Å². The summed E-state index contributed by atoms with van der Waals surface area (Å²) in [6.45, 7) is 6.25. The molecule has 3 rings (SSSR count). The van der Waals surface area contributed by atoms with Gasteiger partial charge in [-0.25, -0.2) is 8.42 Å². The van der Waals surface area contributed by atoms with Crippen LogP contribution in [0.4, 0.5) is 0 Å². The number of aliphatic imine (C=N–C) groups is 1. The minimum Gasteiger partial charge on any atom is -0.351 e. The summed E-state index contributed by atoms with van der Waals surface area (Å²) < 4.78 is 27.1. The molecule has 1 fully saturated rings. The fourth-order valence-corrected chi connectivity index (χ4v) is 5.10. The summed E-state index contributed by atoms with van der Waals surface area (Å²) >= 11 is 0. The number of nitrogens with one attached hydrogen (secondary N) is 2. The summed E-state index contributed by atoms with van der Waals surface area (Å²) in [5.41, 5.74) is 0.532. The number of carbonyl (C=O) groups excluding carboxylic acids is 1. The van der Waals surface area contributed by atoms with E-state index in [1.165, 1.54) is 6.42 Å². The van der Waals surface area contributed by atoms with Gasteiger partial charge in [0.15, 0.2) is 0 Å². The van der Waals surface area contributed by atoms with E-state index in [-0.39, 0.29) is 28.6 Å². The van der Waals surface area contributed by atoms with Gasteiger partial charge in [0.25, 0.3) is 10.0 Å². The number of sulfonamides is 1. The van der Waals surface area contributed by atoms with Crippen molar-refractivity contribution in [2.24, 2.45) is 16.8 Å². The molecule has 1 saturated carbocycles. The Labute approximate surface area is 161 Å². The number of rotatable bonds is 5. The second-order valence-electron chi connectivity index (χ2n) is 8.10. The van der Waals surface area contributed by atoms with E-state index in [4.69, 9.17) is 0 Å². The molecule has 27 heavy (non-hydrogen) atoms. The van der Waals surface area contributed by atoms with Crippen LogP contribution < -0.4 is 10.0 Å². The van der Waals surface area contributed by atoms with E-state index in [1.54, 1.807) is 24.3 Å². The first-order chi connectivity index (χ1) is 12.8. The largest absolute Gasteiger partial charge is 0.351 e. The average molecular weight is 392 g/mol. The van der Waals surface area contributed by atoms with Crippen molar-refractivity contribution in [2.75, 3.05) is 0 Å². The van der Waals surface area contributed by atoms with E-state index in [0.29, 0.717) is 17.9 Å². The molecule has 0 bridgehead atoms. The first-order valence-electron chi connectivity index (χ1n) is 9.78. The van der Waals surface area contributed by atoms with Crippen molar-refractivity contribution in [2.45, 2.75) is 69.9 Å². The molecule has 0 saturated heterocycles. The monoisotopic (exact) mass is 391 g/mol. The molecule has 2 aliphatic rings. The van der Waals surface area contributed by atoms with E-state index in [2.05, 4.69) is 22.0 Å². The van der Waals surface area contributed by atoms with Crippen LogP contribution in [0.25, 0.3) is 0 Å². The molecule has 148 valence electrons. The van der Waals surface area contributed by atoms with E-state index in [0.717, 1.165) is 19.3 Å². The molecule has 2 N–H and O–H groups in total. The Balaban J connectivity index is 1.85. The SMILES string of the molecule is CC(C)CC(N=C1NS(=O)(=O)c2ccccc21)C(=O)NC1CCCCC1C. The summed E-state index contributed by atoms with van der Waals surface area (Å²) in [7, 11) is -3.60. The summed E-state index contributed by atoms with van der Waals surface area (Å²) in [5.74, 6) is 0.879. The molecular weight excluding hydrogens is 362 g/mol. The lowest BCUT2D eigenvalue weighted by Crippen LogP contribution is -2.46. The topological polar surface area (TPSA) is 87.6 Å². The Morgan fingerprint density at radius 1 is 1.26 bits per heavy atom. The van der Waals surface area contributed by atoms with Crippen LogP contribution in [-0.2, 0) is 14.8 Å². The van der Waals surface area contributed by atoms with Crippen LogP contribution in [0.1, 0.15) is 58.4 Å². The highest BCUT2D eigenvalue weighted by molar-refractivity contribution is 7.90. The van der Waals surface area contributed by atoms with Crippen molar-refractivity contribution in [3.63, 3.8) is 0 Å². The molecule has 1 aromatic rings. The number of hydrogen-bond acceptors (Lipinski definition) is 4. The Kier molecular flexibility index (Phi) is 5.89. The lowest BCUT2D eigenvalue weighted by atomic mass is 9.85. The maximum absolute atomic E-state index is 13.0. The number of benzene rings is 1. The van der Waals surface area contributed by atoms with Crippen LogP contribution in [0, 0.1) is 11.8 Å². The van der Waals surface area contributed by atoms with Crippen molar-refractivity contribution in [1.29, 1.82) is 0 Å². The Bertz CT molecular complexity index is 833. The van der Waals surface area contributed by atoms with Gasteiger partial charge in [-0.2, -0.15) is 0 Å². The number of amidine groups is 1. The highest BCUT2D eigenvalue weighted by atomic mass is 32.2. The molecule has 1 amide bonds. The van der Waals surface area contributed by atoms with E-state index in [9.17, 15) is 13.2 Å². The number of amides is 1. The predicted molar refractivity (Wildman–Crippen MR) is 106 cm³/mol. The first kappa shape index (κ1) is 19.9. The smallest absolute Gasteiger partial charge is 0.263 e. The Morgan fingerprint density at radius 3 is 2.67 bits per heavy atom. The third-order valence-electron chi connectivity index (χ3n) is 5.38. The van der Waals surface area contributed by atoms with Gasteiger partial charge in [-0.15, -0.1) is 0 Å². The van der Waals surface area contributed by atoms with E-state index in [1.807, 2.05) is 13.8 Å². The third-order valence-corrected chi connectivity index (χ3v) is 6.78. The van der Waals surface area contributed by atoms with Gasteiger partial charge < -0.3 is 5.32 Å². The molecule has 1 aliphatic heterocycles. The zero-order valence-electron chi connectivity index (χ0n) is 16.2. The highest BCUT2D eigenvalue weighted by Gasteiger charge is 2.33. The molecule has 3 unspecified atom stereocenters. The minimum atomic E-state index is -3.60. The fraction of sp³-hybridized carbons (Fsp3) is 0.600. The zero-order valence-corrected chi connectivity index (χ0v) is 17.1. The van der Waals surface area contributed by atoms with Gasteiger partial charge in [0, 0.05) is 11.6 Å². The van der Waals surface area contributed by atoms with E-state index < -0.39 is 16.1 Å². The second-order valence-corrected chi connectivity index (χ2v) is 9.75. The molecule has 0 radical (unpaired) electrons. The molecular formula is C20H29N3O3S. The standard InChI is InChI=1S/C20H29N3O3S/c1-13(2)12-17(20(24)22-16-10-6-4-8-14(16)3)21-19-15-9-5-7-11-18(15)27(25,26)23-19/h5,7,9,11,13-14,16-17H,4,6,8,10,12H2,1-3H3,(H,21,23)(H,22,24). The molecule has 1 aliphatic carbocycles. The van der Waals surface area contributed by atoms with Gasteiger partial charge in [-0.1, -0.05) is 45.7 Å². The molecule has 3 atom stereocenters. The lowest BCUT2D eigenvalue weighted by Gasteiger charge is -2.30. The summed E-state index contributed by atoms with van der Waals surface area (Å²) in [4.78, 5) is 17.7. The minimum absolute atomic E-state index is 0.112. The Morgan fingerprint density at radius 2 is 1.96 bits per heavy atom. The molecule has 0 spiro atoms. The van der Waals surface area contributed by atoms with Crippen LogP contribution in [0.3, 0.4) is 0 Å². The fourth-order valence-electron chi connectivity index (χ4n) is 3.86. The maximum Gasteiger partial charge on any atom is 0.263 e. The van der Waals surface area contributed by atoms with Crippen molar-refractivity contribution in [3.8, 4) is 0 Å². The highest BCUT2D eigenvalue weighted by Crippen LogP contribution is 2.25. The molecule has 1 heterocycles. The van der Waals surface area contributed by atoms with Crippen LogP contribution in [-0.4, -0.2) is 32.2 Å². The van der Waals surface area contributed by atoms with Gasteiger partial charge in [-0.05, 0) is 43.2 Å². The molecule has 0 aromatic heterocycles. The lowest BCUT2D eigenvalue weighted by molar-refractivity contribution is -0.123. The summed E-state index contributed by atoms with van der Waals surface area (Å²) in [6, 6.07) is 6.30.